The van der Waals surface area contributed by atoms with E-state index < -0.39 is 0 Å². The fraction of sp³-hybridized carbons (Fsp3) is 0.353. The van der Waals surface area contributed by atoms with Crippen LogP contribution in [0.4, 0.5) is 11.4 Å². The molecule has 1 N–H and O–H groups in total. The van der Waals surface area contributed by atoms with Gasteiger partial charge in [0.2, 0.25) is 5.91 Å². The van der Waals surface area contributed by atoms with E-state index in [-0.39, 0.29) is 5.91 Å². The number of carbonyl (C=O) groups is 1. The Morgan fingerprint density at radius 2 is 1.90 bits per heavy atom. The highest BCUT2D eigenvalue weighted by Crippen LogP contribution is 2.28. The van der Waals surface area contributed by atoms with E-state index >= 15 is 0 Å². The van der Waals surface area contributed by atoms with Crippen molar-refractivity contribution in [2.75, 3.05) is 23.3 Å². The second kappa shape index (κ2) is 6.76. The highest BCUT2D eigenvalue weighted by atomic mass is 32.1. The van der Waals surface area contributed by atoms with Gasteiger partial charge >= 0.3 is 0 Å². The number of hydrogen-bond acceptors (Lipinski definition) is 3. The normalized spacial score (nSPS) is 15.0. The maximum Gasteiger partial charge on any atom is 0.229 e. The summed E-state index contributed by atoms with van der Waals surface area (Å²) in [5.41, 5.74) is 2.08. The Balaban J connectivity index is 1.71. The van der Waals surface area contributed by atoms with Crippen LogP contribution in [-0.2, 0) is 11.2 Å². The van der Waals surface area contributed by atoms with Crippen LogP contribution in [0.2, 0.25) is 0 Å². The maximum atomic E-state index is 12.2. The van der Waals surface area contributed by atoms with Gasteiger partial charge in [0.1, 0.15) is 0 Å². The average Bonchev–Trinajstić information content (AvgIpc) is 3.01. The number of nitrogens with zero attached hydrogens (tertiary/aromatic N) is 1. The molecule has 0 bridgehead atoms. The van der Waals surface area contributed by atoms with Crippen LogP contribution in [0.1, 0.15) is 24.1 Å². The number of rotatable bonds is 4. The molecule has 1 amide bonds. The Hall–Kier alpha value is -1.81. The van der Waals surface area contributed by atoms with Crippen molar-refractivity contribution < 1.29 is 4.79 Å². The van der Waals surface area contributed by atoms with Crippen LogP contribution >= 0.6 is 11.3 Å². The number of carbonyl (C=O) groups excluding carboxylic acids is 1. The van der Waals surface area contributed by atoms with Gasteiger partial charge in [-0.05, 0) is 42.8 Å². The van der Waals surface area contributed by atoms with Crippen LogP contribution in [0, 0.1) is 0 Å². The van der Waals surface area contributed by atoms with Gasteiger partial charge in [0, 0.05) is 18.0 Å². The third kappa shape index (κ3) is 3.64. The molecular formula is C17H20N2OS. The molecule has 1 aliphatic rings. The molecule has 0 radical (unpaired) electrons. The second-order valence-electron chi connectivity index (χ2n) is 5.37. The minimum absolute atomic E-state index is 0.0573. The molecule has 110 valence electrons. The second-order valence-corrected chi connectivity index (χ2v) is 6.40. The van der Waals surface area contributed by atoms with Crippen molar-refractivity contribution in [3.05, 3.63) is 46.7 Å². The highest BCUT2D eigenvalue weighted by Gasteiger charge is 2.15. The number of para-hydroxylation sites is 2. The molecule has 0 spiro atoms. The van der Waals surface area contributed by atoms with Gasteiger partial charge in [-0.1, -0.05) is 18.2 Å². The number of nitrogens with one attached hydrogen (secondary N) is 1. The third-order valence-corrected chi connectivity index (χ3v) is 4.67. The van der Waals surface area contributed by atoms with E-state index in [0.717, 1.165) is 29.3 Å². The summed E-state index contributed by atoms with van der Waals surface area (Å²) in [4.78, 5) is 15.7. The monoisotopic (exact) mass is 300 g/mol. The summed E-state index contributed by atoms with van der Waals surface area (Å²) in [5, 5.41) is 5.08. The molecular weight excluding hydrogens is 280 g/mol. The summed E-state index contributed by atoms with van der Waals surface area (Å²) < 4.78 is 0. The Morgan fingerprint density at radius 1 is 1.10 bits per heavy atom. The number of thiophene rings is 1. The summed E-state index contributed by atoms with van der Waals surface area (Å²) in [5.74, 6) is 0.0573. The zero-order valence-corrected chi connectivity index (χ0v) is 12.9. The quantitative estimate of drug-likeness (QED) is 0.928. The van der Waals surface area contributed by atoms with Crippen molar-refractivity contribution in [2.24, 2.45) is 0 Å². The van der Waals surface area contributed by atoms with Gasteiger partial charge in [0.25, 0.3) is 0 Å². The Labute approximate surface area is 129 Å². The van der Waals surface area contributed by atoms with Gasteiger partial charge in [-0.2, -0.15) is 0 Å². The molecule has 2 heterocycles. The number of anilines is 2. The van der Waals surface area contributed by atoms with Gasteiger partial charge < -0.3 is 10.2 Å². The molecule has 0 saturated carbocycles. The molecule has 3 nitrogen and oxygen atoms in total. The smallest absolute Gasteiger partial charge is 0.229 e. The SMILES string of the molecule is O=C(Cc1cccs1)Nc1ccccc1N1CCCCC1. The summed E-state index contributed by atoms with van der Waals surface area (Å²) in [7, 11) is 0. The van der Waals surface area contributed by atoms with Gasteiger partial charge in [0.05, 0.1) is 17.8 Å². The summed E-state index contributed by atoms with van der Waals surface area (Å²) in [6.07, 6.45) is 4.23. The first-order valence-electron chi connectivity index (χ1n) is 7.49. The molecule has 21 heavy (non-hydrogen) atoms. The number of piperidine rings is 1. The van der Waals surface area contributed by atoms with Crippen molar-refractivity contribution in [3.8, 4) is 0 Å². The molecule has 0 aliphatic carbocycles. The molecule has 1 aliphatic heterocycles. The van der Waals surface area contributed by atoms with E-state index in [4.69, 9.17) is 0 Å². The van der Waals surface area contributed by atoms with Crippen molar-refractivity contribution >= 4 is 28.6 Å². The van der Waals surface area contributed by atoms with E-state index in [1.807, 2.05) is 35.7 Å². The van der Waals surface area contributed by atoms with E-state index in [0.29, 0.717) is 6.42 Å². The topological polar surface area (TPSA) is 32.3 Å². The van der Waals surface area contributed by atoms with E-state index in [9.17, 15) is 4.79 Å². The molecule has 0 atom stereocenters. The first-order chi connectivity index (χ1) is 10.3. The largest absolute Gasteiger partial charge is 0.370 e. The summed E-state index contributed by atoms with van der Waals surface area (Å²) >= 11 is 1.62. The number of amides is 1. The highest BCUT2D eigenvalue weighted by molar-refractivity contribution is 7.10. The van der Waals surface area contributed by atoms with Gasteiger partial charge in [-0.3, -0.25) is 4.79 Å². The minimum Gasteiger partial charge on any atom is -0.370 e. The first kappa shape index (κ1) is 14.1. The molecule has 3 rings (SSSR count). The van der Waals surface area contributed by atoms with Crippen LogP contribution < -0.4 is 10.2 Å². The lowest BCUT2D eigenvalue weighted by atomic mass is 10.1. The van der Waals surface area contributed by atoms with Gasteiger partial charge in [-0.15, -0.1) is 11.3 Å². The third-order valence-electron chi connectivity index (χ3n) is 3.79. The Bertz CT molecular complexity index is 589. The molecule has 4 heteroatoms. The molecule has 0 unspecified atom stereocenters. The Kier molecular flexibility index (Phi) is 4.55. The maximum absolute atomic E-state index is 12.2. The molecule has 1 saturated heterocycles. The van der Waals surface area contributed by atoms with Crippen molar-refractivity contribution in [3.63, 3.8) is 0 Å². The summed E-state index contributed by atoms with van der Waals surface area (Å²) in [6.45, 7) is 2.16. The van der Waals surface area contributed by atoms with E-state index in [1.54, 1.807) is 11.3 Å². The first-order valence-corrected chi connectivity index (χ1v) is 8.37. The van der Waals surface area contributed by atoms with Crippen LogP contribution in [-0.4, -0.2) is 19.0 Å². The molecule has 1 fully saturated rings. The molecule has 2 aromatic rings. The minimum atomic E-state index is 0.0573. The zero-order chi connectivity index (χ0) is 14.5. The zero-order valence-electron chi connectivity index (χ0n) is 12.0. The van der Waals surface area contributed by atoms with E-state index in [1.165, 1.54) is 19.3 Å². The van der Waals surface area contributed by atoms with Crippen molar-refractivity contribution in [1.82, 2.24) is 0 Å². The lowest BCUT2D eigenvalue weighted by Crippen LogP contribution is -2.30. The lowest BCUT2D eigenvalue weighted by Gasteiger charge is -2.30. The number of hydrogen-bond donors (Lipinski definition) is 1. The van der Waals surface area contributed by atoms with Crippen molar-refractivity contribution in [1.29, 1.82) is 0 Å². The molecule has 1 aromatic carbocycles. The lowest BCUT2D eigenvalue weighted by molar-refractivity contribution is -0.115. The van der Waals surface area contributed by atoms with Crippen LogP contribution in [0.3, 0.4) is 0 Å². The standard InChI is InChI=1S/C17H20N2OS/c20-17(13-14-7-6-12-21-14)18-15-8-2-3-9-16(15)19-10-4-1-5-11-19/h2-3,6-9,12H,1,4-5,10-11,13H2,(H,18,20). The average molecular weight is 300 g/mol. The fourth-order valence-corrected chi connectivity index (χ4v) is 3.46. The Morgan fingerprint density at radius 3 is 2.67 bits per heavy atom. The van der Waals surface area contributed by atoms with Crippen molar-refractivity contribution in [2.45, 2.75) is 25.7 Å². The van der Waals surface area contributed by atoms with Crippen LogP contribution in [0.15, 0.2) is 41.8 Å². The fourth-order valence-electron chi connectivity index (χ4n) is 2.76. The van der Waals surface area contributed by atoms with Gasteiger partial charge in [0.15, 0.2) is 0 Å². The summed E-state index contributed by atoms with van der Waals surface area (Å²) in [6, 6.07) is 12.1. The molecule has 1 aromatic heterocycles. The van der Waals surface area contributed by atoms with E-state index in [2.05, 4.69) is 16.3 Å². The predicted octanol–water partition coefficient (Wildman–Crippen LogP) is 3.92. The van der Waals surface area contributed by atoms with Crippen LogP contribution in [0.5, 0.6) is 0 Å². The number of benzene rings is 1. The van der Waals surface area contributed by atoms with Gasteiger partial charge in [-0.25, -0.2) is 0 Å². The predicted molar refractivity (Wildman–Crippen MR) is 89.2 cm³/mol. The van der Waals surface area contributed by atoms with Crippen LogP contribution in [0.25, 0.3) is 0 Å².